The second kappa shape index (κ2) is 7.02. The molecule has 1 saturated heterocycles. The number of sulfone groups is 1. The van der Waals surface area contributed by atoms with Crippen LogP contribution in [0.5, 0.6) is 0 Å². The van der Waals surface area contributed by atoms with Crippen molar-refractivity contribution in [3.63, 3.8) is 0 Å². The zero-order valence-corrected chi connectivity index (χ0v) is 17.1. The Morgan fingerprint density at radius 3 is 2.21 bits per heavy atom. The topological polar surface area (TPSA) is 40.6 Å². The van der Waals surface area contributed by atoms with Crippen LogP contribution in [-0.4, -0.2) is 46.5 Å². The molecule has 2 heterocycles. The van der Waals surface area contributed by atoms with Crippen LogP contribution in [0.15, 0.2) is 52.3 Å². The minimum atomic E-state index is -4.50. The molecule has 0 N–H and O–H groups in total. The van der Waals surface area contributed by atoms with Crippen molar-refractivity contribution in [1.29, 1.82) is 0 Å². The molecule has 4 nitrogen and oxygen atoms in total. The van der Waals surface area contributed by atoms with Crippen molar-refractivity contribution >= 4 is 15.5 Å². The van der Waals surface area contributed by atoms with Crippen molar-refractivity contribution in [1.82, 2.24) is 4.90 Å². The molecule has 156 valence electrons. The molecule has 2 aliphatic heterocycles. The smallest absolute Gasteiger partial charge is 0.371 e. The first kappa shape index (κ1) is 20.2. The third kappa shape index (κ3) is 3.53. The number of fused-ring (bicyclic) bond motifs is 3. The molecule has 0 spiro atoms. The summed E-state index contributed by atoms with van der Waals surface area (Å²) in [6.45, 7) is 1.94. The summed E-state index contributed by atoms with van der Waals surface area (Å²) in [4.78, 5) is 4.51. The maximum Gasteiger partial charge on any atom is 0.416 e. The van der Waals surface area contributed by atoms with E-state index in [1.54, 1.807) is 12.1 Å². The summed E-state index contributed by atoms with van der Waals surface area (Å²) in [7, 11) is 0.237. The van der Waals surface area contributed by atoms with E-state index in [0.29, 0.717) is 6.04 Å². The average molecular weight is 424 g/mol. The summed E-state index contributed by atoms with van der Waals surface area (Å²) in [5.74, 6) is 0.253. The molecule has 2 atom stereocenters. The zero-order valence-electron chi connectivity index (χ0n) is 16.3. The molecule has 2 aromatic carbocycles. The second-order valence-electron chi connectivity index (χ2n) is 7.91. The molecule has 0 saturated carbocycles. The highest BCUT2D eigenvalue weighted by Gasteiger charge is 2.38. The van der Waals surface area contributed by atoms with Gasteiger partial charge >= 0.3 is 6.18 Å². The van der Waals surface area contributed by atoms with E-state index in [9.17, 15) is 21.6 Å². The molecule has 2 aliphatic rings. The van der Waals surface area contributed by atoms with Crippen LogP contribution in [0.1, 0.15) is 29.9 Å². The lowest BCUT2D eigenvalue weighted by molar-refractivity contribution is -0.137. The predicted molar refractivity (Wildman–Crippen MR) is 105 cm³/mol. The summed E-state index contributed by atoms with van der Waals surface area (Å²) in [5.41, 5.74) is 1.19. The fourth-order valence-electron chi connectivity index (χ4n) is 4.50. The molecular weight excluding hydrogens is 401 g/mol. The lowest BCUT2D eigenvalue weighted by Gasteiger charge is -2.25. The summed E-state index contributed by atoms with van der Waals surface area (Å²) < 4.78 is 64.5. The first-order chi connectivity index (χ1) is 13.6. The Balaban J connectivity index is 1.70. The Kier molecular flexibility index (Phi) is 4.90. The quantitative estimate of drug-likeness (QED) is 0.726. The Bertz CT molecular complexity index is 1020. The Hall–Kier alpha value is -2.06. The molecule has 2 aromatic rings. The minimum Gasteiger partial charge on any atom is -0.371 e. The highest BCUT2D eigenvalue weighted by Crippen LogP contribution is 2.45. The molecule has 0 amide bonds. The third-order valence-corrected chi connectivity index (χ3v) is 7.94. The largest absolute Gasteiger partial charge is 0.416 e. The Labute approximate surface area is 168 Å². The van der Waals surface area contributed by atoms with E-state index in [-0.39, 0.29) is 15.7 Å². The monoisotopic (exact) mass is 424 g/mol. The van der Waals surface area contributed by atoms with Gasteiger partial charge in [0.2, 0.25) is 9.84 Å². The van der Waals surface area contributed by atoms with Gasteiger partial charge in [-0.1, -0.05) is 0 Å². The molecule has 1 unspecified atom stereocenters. The predicted octanol–water partition coefficient (Wildman–Crippen LogP) is 4.17. The number of halogens is 3. The van der Waals surface area contributed by atoms with Gasteiger partial charge in [0.25, 0.3) is 0 Å². The Morgan fingerprint density at radius 1 is 0.931 bits per heavy atom. The Morgan fingerprint density at radius 2 is 1.55 bits per heavy atom. The molecule has 0 bridgehead atoms. The van der Waals surface area contributed by atoms with Crippen LogP contribution in [0.4, 0.5) is 18.9 Å². The molecule has 8 heteroatoms. The van der Waals surface area contributed by atoms with Crippen molar-refractivity contribution in [2.24, 2.45) is 0 Å². The van der Waals surface area contributed by atoms with Crippen LogP contribution in [-0.2, 0) is 16.0 Å². The number of anilines is 1. The number of hydrogen-bond donors (Lipinski definition) is 0. The zero-order chi connectivity index (χ0) is 21.0. The van der Waals surface area contributed by atoms with Crippen molar-refractivity contribution in [2.45, 2.75) is 40.8 Å². The molecule has 0 radical (unpaired) electrons. The van der Waals surface area contributed by atoms with Crippen LogP contribution in [0.25, 0.3) is 0 Å². The number of rotatable bonds is 2. The van der Waals surface area contributed by atoms with Gasteiger partial charge in [-0.05, 0) is 81.0 Å². The van der Waals surface area contributed by atoms with Crippen LogP contribution in [0.2, 0.25) is 0 Å². The van der Waals surface area contributed by atoms with Crippen molar-refractivity contribution < 1.29 is 21.6 Å². The summed E-state index contributed by atoms with van der Waals surface area (Å²) in [6.07, 6.45) is -2.54. The van der Waals surface area contributed by atoms with E-state index in [2.05, 4.69) is 16.8 Å². The molecule has 29 heavy (non-hydrogen) atoms. The van der Waals surface area contributed by atoms with E-state index in [4.69, 9.17) is 0 Å². The lowest BCUT2D eigenvalue weighted by atomic mass is 9.91. The second-order valence-corrected chi connectivity index (χ2v) is 9.86. The van der Waals surface area contributed by atoms with Crippen LogP contribution < -0.4 is 4.90 Å². The van der Waals surface area contributed by atoms with Crippen molar-refractivity contribution in [2.75, 3.05) is 32.1 Å². The SMILES string of the molecule is CN1CCC2[C@@H](CC1)c1cc(S(=O)(=O)c3ccc(C(F)(F)F)cc3)ccc1N2C. The fraction of sp³-hybridized carbons (Fsp3) is 0.429. The van der Waals surface area contributed by atoms with Gasteiger partial charge < -0.3 is 9.80 Å². The maximum absolute atomic E-state index is 13.1. The maximum atomic E-state index is 13.1. The van der Waals surface area contributed by atoms with E-state index >= 15 is 0 Å². The van der Waals surface area contributed by atoms with Gasteiger partial charge in [-0.2, -0.15) is 13.2 Å². The highest BCUT2D eigenvalue weighted by atomic mass is 32.2. The average Bonchev–Trinajstić information content (AvgIpc) is 2.81. The van der Waals surface area contributed by atoms with E-state index in [0.717, 1.165) is 61.4 Å². The molecule has 0 aliphatic carbocycles. The van der Waals surface area contributed by atoms with Crippen LogP contribution >= 0.6 is 0 Å². The summed E-state index contributed by atoms with van der Waals surface area (Å²) in [6, 6.07) is 9.11. The molecular formula is C21H23F3N2O2S. The van der Waals surface area contributed by atoms with Gasteiger partial charge in [0.15, 0.2) is 0 Å². The van der Waals surface area contributed by atoms with Crippen molar-refractivity contribution in [3.8, 4) is 0 Å². The molecule has 1 fully saturated rings. The summed E-state index contributed by atoms with van der Waals surface area (Å²) in [5, 5.41) is 0. The lowest BCUT2D eigenvalue weighted by Crippen LogP contribution is -2.31. The van der Waals surface area contributed by atoms with Gasteiger partial charge in [0, 0.05) is 24.7 Å². The first-order valence-electron chi connectivity index (χ1n) is 9.57. The van der Waals surface area contributed by atoms with E-state index < -0.39 is 21.6 Å². The highest BCUT2D eigenvalue weighted by molar-refractivity contribution is 7.91. The number of alkyl halides is 3. The number of nitrogens with zero attached hydrogens (tertiary/aromatic N) is 2. The fourth-order valence-corrected chi connectivity index (χ4v) is 5.80. The number of likely N-dealkylation sites (tertiary alicyclic amines) is 1. The van der Waals surface area contributed by atoms with Crippen molar-refractivity contribution in [3.05, 3.63) is 53.6 Å². The van der Waals surface area contributed by atoms with E-state index in [1.807, 2.05) is 13.1 Å². The van der Waals surface area contributed by atoms with Gasteiger partial charge in [-0.25, -0.2) is 8.42 Å². The van der Waals surface area contributed by atoms with E-state index in [1.165, 1.54) is 0 Å². The number of benzene rings is 2. The number of likely N-dealkylation sites (N-methyl/N-ethyl adjacent to an activating group) is 1. The standard InChI is InChI=1S/C21H23F3N2O2S/c1-25-11-9-17-18-13-16(7-8-19(18)26(2)20(17)10-12-25)29(27,28)15-5-3-14(4-6-15)21(22,23)24/h3-8,13,17,20H,9-12H2,1-2H3/t17-,20?/m0/s1. The van der Waals surface area contributed by atoms with Crippen LogP contribution in [0, 0.1) is 0 Å². The summed E-state index contributed by atoms with van der Waals surface area (Å²) >= 11 is 0. The van der Waals surface area contributed by atoms with Gasteiger partial charge in [0.05, 0.1) is 15.4 Å². The van der Waals surface area contributed by atoms with Gasteiger partial charge in [-0.15, -0.1) is 0 Å². The normalized spacial score (nSPS) is 22.9. The molecule has 0 aromatic heterocycles. The first-order valence-corrected chi connectivity index (χ1v) is 11.0. The molecule has 4 rings (SSSR count). The number of hydrogen-bond acceptors (Lipinski definition) is 4. The third-order valence-electron chi connectivity index (χ3n) is 6.17. The van der Waals surface area contributed by atoms with Gasteiger partial charge in [-0.3, -0.25) is 0 Å². The minimum absolute atomic E-state index is 0.127. The van der Waals surface area contributed by atoms with Gasteiger partial charge in [0.1, 0.15) is 0 Å². The van der Waals surface area contributed by atoms with Crippen LogP contribution in [0.3, 0.4) is 0 Å².